The van der Waals surface area contributed by atoms with Crippen LogP contribution in [-0.4, -0.2) is 43.2 Å². The molecule has 2 aromatic rings. The lowest BCUT2D eigenvalue weighted by atomic mass is 10.1. The Bertz CT molecular complexity index is 878. The van der Waals surface area contributed by atoms with Crippen LogP contribution in [0, 0.1) is 10.1 Å². The van der Waals surface area contributed by atoms with Gasteiger partial charge in [0.15, 0.2) is 0 Å². The number of nitro groups is 1. The number of nitro benzene ring substituents is 1. The fourth-order valence-corrected chi connectivity index (χ4v) is 3.21. The Morgan fingerprint density at radius 2 is 1.52 bits per heavy atom. The SMILES string of the molecule is O=C(OCCOC(=O)c1ccc(N2CCCCC2)c([N+](=O)[O-])c1)c1ccccc1. The largest absolute Gasteiger partial charge is 0.458 e. The summed E-state index contributed by atoms with van der Waals surface area (Å²) in [7, 11) is 0. The minimum Gasteiger partial charge on any atom is -0.458 e. The molecule has 0 N–H and O–H groups in total. The second-order valence-electron chi connectivity index (χ2n) is 6.65. The number of hydrogen-bond acceptors (Lipinski definition) is 7. The van der Waals surface area contributed by atoms with Crippen molar-refractivity contribution in [2.75, 3.05) is 31.2 Å². The minimum atomic E-state index is -0.700. The number of rotatable bonds is 7. The lowest BCUT2D eigenvalue weighted by Gasteiger charge is -2.28. The first-order valence-corrected chi connectivity index (χ1v) is 9.49. The summed E-state index contributed by atoms with van der Waals surface area (Å²) < 4.78 is 10.1. The molecule has 1 aliphatic rings. The van der Waals surface area contributed by atoms with E-state index in [-0.39, 0.29) is 24.5 Å². The van der Waals surface area contributed by atoms with Crippen LogP contribution in [-0.2, 0) is 9.47 Å². The summed E-state index contributed by atoms with van der Waals surface area (Å²) >= 11 is 0. The quantitative estimate of drug-likeness (QED) is 0.304. The molecule has 8 nitrogen and oxygen atoms in total. The Morgan fingerprint density at radius 3 is 2.14 bits per heavy atom. The fourth-order valence-electron chi connectivity index (χ4n) is 3.21. The van der Waals surface area contributed by atoms with Crippen molar-refractivity contribution in [3.63, 3.8) is 0 Å². The molecule has 1 aliphatic heterocycles. The van der Waals surface area contributed by atoms with Crippen LogP contribution in [0.1, 0.15) is 40.0 Å². The monoisotopic (exact) mass is 398 g/mol. The van der Waals surface area contributed by atoms with Crippen LogP contribution >= 0.6 is 0 Å². The topological polar surface area (TPSA) is 99.0 Å². The van der Waals surface area contributed by atoms with Crippen molar-refractivity contribution >= 4 is 23.3 Å². The molecule has 29 heavy (non-hydrogen) atoms. The van der Waals surface area contributed by atoms with Crippen molar-refractivity contribution in [1.29, 1.82) is 0 Å². The van der Waals surface area contributed by atoms with E-state index in [1.165, 1.54) is 12.1 Å². The number of carbonyl (C=O) groups excluding carboxylic acids is 2. The average Bonchev–Trinajstić information content (AvgIpc) is 2.77. The van der Waals surface area contributed by atoms with E-state index >= 15 is 0 Å². The van der Waals surface area contributed by atoms with Gasteiger partial charge in [-0.05, 0) is 43.5 Å². The van der Waals surface area contributed by atoms with Gasteiger partial charge in [0.2, 0.25) is 0 Å². The van der Waals surface area contributed by atoms with Crippen LogP contribution in [0.25, 0.3) is 0 Å². The van der Waals surface area contributed by atoms with Gasteiger partial charge < -0.3 is 14.4 Å². The standard InChI is InChI=1S/C21H22N2O6/c24-20(16-7-3-1-4-8-16)28-13-14-29-21(25)17-9-10-18(19(15-17)23(26)27)22-11-5-2-6-12-22/h1,3-4,7-10,15H,2,5-6,11-14H2. The van der Waals surface area contributed by atoms with Crippen LogP contribution in [0.5, 0.6) is 0 Å². The predicted octanol–water partition coefficient (Wildman–Crippen LogP) is 3.60. The highest BCUT2D eigenvalue weighted by atomic mass is 16.6. The zero-order chi connectivity index (χ0) is 20.6. The highest BCUT2D eigenvalue weighted by Gasteiger charge is 2.23. The first-order valence-electron chi connectivity index (χ1n) is 9.49. The summed E-state index contributed by atoms with van der Waals surface area (Å²) in [6, 6.07) is 12.8. The molecule has 3 rings (SSSR count). The molecular formula is C21H22N2O6. The highest BCUT2D eigenvalue weighted by molar-refractivity contribution is 5.91. The molecule has 1 fully saturated rings. The van der Waals surface area contributed by atoms with Gasteiger partial charge in [-0.3, -0.25) is 10.1 Å². The maximum atomic E-state index is 12.2. The number of nitrogens with zero attached hydrogens (tertiary/aromatic N) is 2. The van der Waals surface area contributed by atoms with Crippen LogP contribution in [0.2, 0.25) is 0 Å². The summed E-state index contributed by atoms with van der Waals surface area (Å²) in [6.45, 7) is 1.28. The van der Waals surface area contributed by atoms with Gasteiger partial charge in [0.05, 0.1) is 16.1 Å². The number of anilines is 1. The summed E-state index contributed by atoms with van der Waals surface area (Å²) in [5.74, 6) is -1.21. The predicted molar refractivity (Wildman–Crippen MR) is 106 cm³/mol. The van der Waals surface area contributed by atoms with E-state index < -0.39 is 16.9 Å². The van der Waals surface area contributed by atoms with Gasteiger partial charge in [0, 0.05) is 19.2 Å². The average molecular weight is 398 g/mol. The molecule has 0 saturated carbocycles. The normalized spacial score (nSPS) is 13.6. The molecule has 1 heterocycles. The third-order valence-corrected chi connectivity index (χ3v) is 4.66. The second-order valence-corrected chi connectivity index (χ2v) is 6.65. The molecule has 2 aromatic carbocycles. The number of piperidine rings is 1. The van der Waals surface area contributed by atoms with E-state index in [0.717, 1.165) is 32.4 Å². The van der Waals surface area contributed by atoms with E-state index in [1.54, 1.807) is 36.4 Å². The van der Waals surface area contributed by atoms with E-state index in [1.807, 2.05) is 4.90 Å². The molecule has 152 valence electrons. The molecule has 1 saturated heterocycles. The Kier molecular flexibility index (Phi) is 6.78. The van der Waals surface area contributed by atoms with Gasteiger partial charge in [-0.25, -0.2) is 9.59 Å². The molecular weight excluding hydrogens is 376 g/mol. The van der Waals surface area contributed by atoms with Crippen LogP contribution in [0.4, 0.5) is 11.4 Å². The van der Waals surface area contributed by atoms with Crippen LogP contribution in [0.15, 0.2) is 48.5 Å². The first-order chi connectivity index (χ1) is 14.1. The summed E-state index contributed by atoms with van der Waals surface area (Å²) in [5, 5.41) is 11.5. The number of benzene rings is 2. The molecule has 0 spiro atoms. The van der Waals surface area contributed by atoms with Gasteiger partial charge >= 0.3 is 11.9 Å². The number of carbonyl (C=O) groups is 2. The Morgan fingerprint density at radius 1 is 0.897 bits per heavy atom. The molecule has 0 unspecified atom stereocenters. The molecule has 8 heteroatoms. The van der Waals surface area contributed by atoms with Crippen molar-refractivity contribution < 1.29 is 24.0 Å². The van der Waals surface area contributed by atoms with Crippen LogP contribution < -0.4 is 4.90 Å². The van der Waals surface area contributed by atoms with E-state index in [2.05, 4.69) is 0 Å². The smallest absolute Gasteiger partial charge is 0.338 e. The molecule has 0 aliphatic carbocycles. The number of esters is 2. The van der Waals surface area contributed by atoms with Crippen molar-refractivity contribution in [3.05, 3.63) is 69.8 Å². The van der Waals surface area contributed by atoms with Gasteiger partial charge in [-0.2, -0.15) is 0 Å². The zero-order valence-electron chi connectivity index (χ0n) is 15.9. The fraction of sp³-hybridized carbons (Fsp3) is 0.333. The zero-order valence-corrected chi connectivity index (χ0v) is 15.9. The lowest BCUT2D eigenvalue weighted by molar-refractivity contribution is -0.384. The van der Waals surface area contributed by atoms with E-state index in [4.69, 9.17) is 9.47 Å². The maximum absolute atomic E-state index is 12.2. The maximum Gasteiger partial charge on any atom is 0.338 e. The van der Waals surface area contributed by atoms with Gasteiger partial charge in [-0.15, -0.1) is 0 Å². The second kappa shape index (κ2) is 9.68. The molecule has 0 atom stereocenters. The van der Waals surface area contributed by atoms with E-state index in [9.17, 15) is 19.7 Å². The number of ether oxygens (including phenoxy) is 2. The Balaban J connectivity index is 1.57. The van der Waals surface area contributed by atoms with Gasteiger partial charge in [0.1, 0.15) is 18.9 Å². The molecule has 0 amide bonds. The minimum absolute atomic E-state index is 0.0897. The summed E-state index contributed by atoms with van der Waals surface area (Å²) in [5.41, 5.74) is 0.898. The van der Waals surface area contributed by atoms with E-state index in [0.29, 0.717) is 11.3 Å². The third-order valence-electron chi connectivity index (χ3n) is 4.66. The molecule has 0 bridgehead atoms. The van der Waals surface area contributed by atoms with Crippen molar-refractivity contribution in [2.24, 2.45) is 0 Å². The Hall–Kier alpha value is -3.42. The summed E-state index contributed by atoms with van der Waals surface area (Å²) in [4.78, 5) is 37.0. The number of hydrogen-bond donors (Lipinski definition) is 0. The lowest BCUT2D eigenvalue weighted by Crippen LogP contribution is -2.30. The molecule has 0 radical (unpaired) electrons. The van der Waals surface area contributed by atoms with Crippen molar-refractivity contribution in [2.45, 2.75) is 19.3 Å². The first kappa shape index (κ1) is 20.3. The van der Waals surface area contributed by atoms with Crippen LogP contribution in [0.3, 0.4) is 0 Å². The third kappa shape index (κ3) is 5.31. The van der Waals surface area contributed by atoms with Gasteiger partial charge in [-0.1, -0.05) is 18.2 Å². The highest BCUT2D eigenvalue weighted by Crippen LogP contribution is 2.31. The summed E-state index contributed by atoms with van der Waals surface area (Å²) in [6.07, 6.45) is 3.09. The molecule has 0 aromatic heterocycles. The van der Waals surface area contributed by atoms with Crippen molar-refractivity contribution in [1.82, 2.24) is 0 Å². The van der Waals surface area contributed by atoms with Crippen molar-refractivity contribution in [3.8, 4) is 0 Å². The Labute approximate surface area is 168 Å². The van der Waals surface area contributed by atoms with Gasteiger partial charge in [0.25, 0.3) is 5.69 Å².